The molecule has 0 aliphatic rings. The van der Waals surface area contributed by atoms with Gasteiger partial charge in [-0.1, -0.05) is 13.3 Å². The molecule has 0 aliphatic carbocycles. The summed E-state index contributed by atoms with van der Waals surface area (Å²) in [6.07, 6.45) is 1.61. The molecule has 0 aromatic carbocycles. The highest BCUT2D eigenvalue weighted by atomic mass is 16.7. The third kappa shape index (κ3) is 6.28. The lowest BCUT2D eigenvalue weighted by Gasteiger charge is -2.19. The van der Waals surface area contributed by atoms with Crippen molar-refractivity contribution in [2.75, 3.05) is 6.61 Å². The van der Waals surface area contributed by atoms with E-state index in [4.69, 9.17) is 15.2 Å². The molecule has 0 heterocycles. The predicted octanol–water partition coefficient (Wildman–Crippen LogP) is 1.47. The quantitative estimate of drug-likeness (QED) is 0.600. The van der Waals surface area contributed by atoms with Crippen molar-refractivity contribution in [1.82, 2.24) is 0 Å². The summed E-state index contributed by atoms with van der Waals surface area (Å²) in [5, 5.41) is 0. The minimum atomic E-state index is -0.238. The molecular formula is C8H19NO2. The Hall–Kier alpha value is -0.120. The molecule has 0 amide bonds. The summed E-state index contributed by atoms with van der Waals surface area (Å²) in [7, 11) is 0. The Balaban J connectivity index is 3.50. The molecule has 2 atom stereocenters. The van der Waals surface area contributed by atoms with Crippen molar-refractivity contribution < 1.29 is 9.47 Å². The van der Waals surface area contributed by atoms with E-state index < -0.39 is 0 Å². The molecule has 0 radical (unpaired) electrons. The highest BCUT2D eigenvalue weighted by Crippen LogP contribution is 2.04. The van der Waals surface area contributed by atoms with E-state index in [2.05, 4.69) is 6.92 Å². The SMILES string of the molecule is CCCC(OCC)OC(C)N. The fourth-order valence-corrected chi connectivity index (χ4v) is 0.852. The van der Waals surface area contributed by atoms with E-state index >= 15 is 0 Å². The Morgan fingerprint density at radius 3 is 2.36 bits per heavy atom. The van der Waals surface area contributed by atoms with Crippen molar-refractivity contribution in [2.45, 2.75) is 46.1 Å². The molecule has 0 aliphatic heterocycles. The van der Waals surface area contributed by atoms with E-state index in [1.54, 1.807) is 0 Å². The maximum atomic E-state index is 5.45. The molecular weight excluding hydrogens is 142 g/mol. The number of nitrogens with two attached hydrogens (primary N) is 1. The molecule has 0 aromatic rings. The second-order valence-electron chi connectivity index (χ2n) is 2.51. The van der Waals surface area contributed by atoms with Crippen LogP contribution in [0.3, 0.4) is 0 Å². The van der Waals surface area contributed by atoms with Crippen LogP contribution >= 0.6 is 0 Å². The Kier molecular flexibility index (Phi) is 6.51. The standard InChI is InChI=1S/C8H19NO2/c1-4-6-8(10-5-2)11-7(3)9/h7-8H,4-6,9H2,1-3H3. The fourth-order valence-electron chi connectivity index (χ4n) is 0.852. The average molecular weight is 161 g/mol. The summed E-state index contributed by atoms with van der Waals surface area (Å²) in [6.45, 7) is 6.53. The van der Waals surface area contributed by atoms with Gasteiger partial charge in [0.1, 0.15) is 6.23 Å². The van der Waals surface area contributed by atoms with Crippen molar-refractivity contribution in [3.05, 3.63) is 0 Å². The zero-order chi connectivity index (χ0) is 8.69. The van der Waals surface area contributed by atoms with Gasteiger partial charge in [-0.15, -0.1) is 0 Å². The van der Waals surface area contributed by atoms with E-state index in [9.17, 15) is 0 Å². The topological polar surface area (TPSA) is 44.5 Å². The maximum absolute atomic E-state index is 5.45. The number of hydrogen-bond donors (Lipinski definition) is 1. The summed E-state index contributed by atoms with van der Waals surface area (Å²) < 4.78 is 10.6. The van der Waals surface area contributed by atoms with Gasteiger partial charge in [-0.2, -0.15) is 0 Å². The molecule has 2 N–H and O–H groups in total. The Morgan fingerprint density at radius 2 is 2.00 bits per heavy atom. The van der Waals surface area contributed by atoms with Crippen molar-refractivity contribution in [2.24, 2.45) is 5.73 Å². The number of rotatable bonds is 6. The highest BCUT2D eigenvalue weighted by molar-refractivity contribution is 4.45. The zero-order valence-electron chi connectivity index (χ0n) is 7.67. The van der Waals surface area contributed by atoms with Gasteiger partial charge in [0.25, 0.3) is 0 Å². The maximum Gasteiger partial charge on any atom is 0.159 e. The average Bonchev–Trinajstić information content (AvgIpc) is 1.87. The Bertz CT molecular complexity index is 80.2. The van der Waals surface area contributed by atoms with Crippen LogP contribution in [0, 0.1) is 0 Å². The minimum Gasteiger partial charge on any atom is -0.353 e. The summed E-state index contributed by atoms with van der Waals surface area (Å²) >= 11 is 0. The van der Waals surface area contributed by atoms with Crippen LogP contribution < -0.4 is 5.73 Å². The third-order valence-corrected chi connectivity index (χ3v) is 1.24. The van der Waals surface area contributed by atoms with Crippen molar-refractivity contribution in [3.8, 4) is 0 Å². The first-order chi connectivity index (χ1) is 5.20. The highest BCUT2D eigenvalue weighted by Gasteiger charge is 2.08. The van der Waals surface area contributed by atoms with Gasteiger partial charge in [-0.3, -0.25) is 0 Å². The van der Waals surface area contributed by atoms with Crippen molar-refractivity contribution >= 4 is 0 Å². The predicted molar refractivity (Wildman–Crippen MR) is 45.1 cm³/mol. The summed E-state index contributed by atoms with van der Waals surface area (Å²) in [4.78, 5) is 0. The molecule has 0 bridgehead atoms. The normalized spacial score (nSPS) is 16.4. The second-order valence-corrected chi connectivity index (χ2v) is 2.51. The first kappa shape index (κ1) is 10.9. The molecule has 0 fully saturated rings. The van der Waals surface area contributed by atoms with Crippen molar-refractivity contribution in [3.63, 3.8) is 0 Å². The van der Waals surface area contributed by atoms with Crippen LogP contribution in [-0.4, -0.2) is 19.1 Å². The van der Waals surface area contributed by atoms with Crippen LogP contribution in [0.2, 0.25) is 0 Å². The minimum absolute atomic E-state index is 0.120. The smallest absolute Gasteiger partial charge is 0.159 e. The van der Waals surface area contributed by atoms with Crippen LogP contribution in [0.15, 0.2) is 0 Å². The first-order valence-electron chi connectivity index (χ1n) is 4.23. The van der Waals surface area contributed by atoms with E-state index in [1.165, 1.54) is 0 Å². The van der Waals surface area contributed by atoms with Gasteiger partial charge >= 0.3 is 0 Å². The van der Waals surface area contributed by atoms with Crippen LogP contribution in [0.5, 0.6) is 0 Å². The van der Waals surface area contributed by atoms with Crippen LogP contribution in [0.4, 0.5) is 0 Å². The van der Waals surface area contributed by atoms with Gasteiger partial charge in [-0.05, 0) is 20.3 Å². The van der Waals surface area contributed by atoms with Crippen LogP contribution in [0.25, 0.3) is 0 Å². The Labute approximate surface area is 68.9 Å². The van der Waals surface area contributed by atoms with Gasteiger partial charge in [-0.25, -0.2) is 0 Å². The molecule has 2 unspecified atom stereocenters. The zero-order valence-corrected chi connectivity index (χ0v) is 7.67. The summed E-state index contributed by atoms with van der Waals surface area (Å²) in [5.74, 6) is 0. The molecule has 68 valence electrons. The lowest BCUT2D eigenvalue weighted by molar-refractivity contribution is -0.165. The molecule has 0 saturated carbocycles. The molecule has 11 heavy (non-hydrogen) atoms. The van der Waals surface area contributed by atoms with E-state index in [0.717, 1.165) is 12.8 Å². The van der Waals surface area contributed by atoms with E-state index in [-0.39, 0.29) is 12.5 Å². The third-order valence-electron chi connectivity index (χ3n) is 1.24. The van der Waals surface area contributed by atoms with Gasteiger partial charge < -0.3 is 15.2 Å². The van der Waals surface area contributed by atoms with Gasteiger partial charge in [0.15, 0.2) is 6.29 Å². The first-order valence-corrected chi connectivity index (χ1v) is 4.23. The van der Waals surface area contributed by atoms with Gasteiger partial charge in [0.2, 0.25) is 0 Å². The van der Waals surface area contributed by atoms with Crippen LogP contribution in [-0.2, 0) is 9.47 Å². The lowest BCUT2D eigenvalue weighted by Crippen LogP contribution is -2.28. The van der Waals surface area contributed by atoms with Gasteiger partial charge in [0, 0.05) is 6.61 Å². The molecule has 0 aromatic heterocycles. The van der Waals surface area contributed by atoms with Crippen LogP contribution in [0.1, 0.15) is 33.6 Å². The van der Waals surface area contributed by atoms with E-state index in [0.29, 0.717) is 6.61 Å². The number of hydrogen-bond acceptors (Lipinski definition) is 3. The Morgan fingerprint density at radius 1 is 1.36 bits per heavy atom. The summed E-state index contributed by atoms with van der Waals surface area (Å²) in [6, 6.07) is 0. The number of ether oxygens (including phenoxy) is 2. The molecule has 3 heteroatoms. The second kappa shape index (κ2) is 6.58. The largest absolute Gasteiger partial charge is 0.353 e. The molecule has 0 spiro atoms. The summed E-state index contributed by atoms with van der Waals surface area (Å²) in [5.41, 5.74) is 5.45. The monoisotopic (exact) mass is 161 g/mol. The molecule has 0 saturated heterocycles. The fraction of sp³-hybridized carbons (Fsp3) is 1.00. The molecule has 0 rings (SSSR count). The lowest BCUT2D eigenvalue weighted by atomic mass is 10.3. The molecule has 3 nitrogen and oxygen atoms in total. The van der Waals surface area contributed by atoms with Gasteiger partial charge in [0.05, 0.1) is 0 Å². The van der Waals surface area contributed by atoms with E-state index in [1.807, 2.05) is 13.8 Å². The van der Waals surface area contributed by atoms with Crippen molar-refractivity contribution in [1.29, 1.82) is 0 Å².